The van der Waals surface area contributed by atoms with Gasteiger partial charge in [0.15, 0.2) is 0 Å². The molecular formula is C12H20N4O3. The molecule has 0 fully saturated rings. The molecule has 4 N–H and O–H groups in total. The van der Waals surface area contributed by atoms with Gasteiger partial charge in [-0.15, -0.1) is 0 Å². The molecule has 0 aliphatic carbocycles. The molecule has 106 valence electrons. The first-order chi connectivity index (χ1) is 8.99. The Morgan fingerprint density at radius 2 is 2.16 bits per heavy atom. The molecule has 0 amide bonds. The van der Waals surface area contributed by atoms with Crippen LogP contribution in [0.25, 0.3) is 0 Å². The Kier molecular flexibility index (Phi) is 5.53. The summed E-state index contributed by atoms with van der Waals surface area (Å²) in [6, 6.07) is 4.82. The molecule has 0 aliphatic heterocycles. The van der Waals surface area contributed by atoms with E-state index in [1.54, 1.807) is 6.07 Å². The van der Waals surface area contributed by atoms with Crippen LogP contribution in [0.2, 0.25) is 0 Å². The van der Waals surface area contributed by atoms with Gasteiger partial charge in [0.25, 0.3) is 5.69 Å². The van der Waals surface area contributed by atoms with Gasteiger partial charge in [-0.25, -0.2) is 0 Å². The first-order valence-electron chi connectivity index (χ1n) is 6.13. The molecule has 0 spiro atoms. The lowest BCUT2D eigenvalue weighted by Gasteiger charge is -2.29. The van der Waals surface area contributed by atoms with Crippen LogP contribution in [0.3, 0.4) is 0 Å². The second-order valence-corrected chi connectivity index (χ2v) is 4.50. The predicted molar refractivity (Wildman–Crippen MR) is 75.1 cm³/mol. The lowest BCUT2D eigenvalue weighted by molar-refractivity contribution is -0.384. The Hall–Kier alpha value is -1.86. The summed E-state index contributed by atoms with van der Waals surface area (Å²) in [5.74, 6) is 5.33. The number of nitrogens with zero attached hydrogens (tertiary/aromatic N) is 2. The van der Waals surface area contributed by atoms with Gasteiger partial charge in [-0.05, 0) is 26.3 Å². The van der Waals surface area contributed by atoms with E-state index in [1.165, 1.54) is 12.1 Å². The molecule has 1 aromatic carbocycles. The second-order valence-electron chi connectivity index (χ2n) is 4.50. The van der Waals surface area contributed by atoms with E-state index in [-0.39, 0.29) is 18.3 Å². The van der Waals surface area contributed by atoms with Crippen LogP contribution in [0.5, 0.6) is 0 Å². The summed E-state index contributed by atoms with van der Waals surface area (Å²) in [4.78, 5) is 12.4. The lowest BCUT2D eigenvalue weighted by Crippen LogP contribution is -2.32. The molecule has 19 heavy (non-hydrogen) atoms. The molecule has 0 heterocycles. The number of nitrogen functional groups attached to an aromatic ring is 1. The van der Waals surface area contributed by atoms with Crippen molar-refractivity contribution in [1.29, 1.82) is 0 Å². The zero-order chi connectivity index (χ0) is 14.4. The van der Waals surface area contributed by atoms with Gasteiger partial charge in [0.1, 0.15) is 0 Å². The van der Waals surface area contributed by atoms with E-state index in [0.29, 0.717) is 24.3 Å². The molecule has 0 aliphatic rings. The zero-order valence-electron chi connectivity index (χ0n) is 11.2. The topological polar surface area (TPSA) is 105 Å². The maximum absolute atomic E-state index is 10.9. The summed E-state index contributed by atoms with van der Waals surface area (Å²) in [6.45, 7) is 4.69. The third-order valence-corrected chi connectivity index (χ3v) is 2.79. The van der Waals surface area contributed by atoms with Crippen LogP contribution < -0.4 is 16.2 Å². The largest absolute Gasteiger partial charge is 0.396 e. The maximum atomic E-state index is 10.9. The molecule has 7 heteroatoms. The first kappa shape index (κ1) is 15.2. The van der Waals surface area contributed by atoms with E-state index in [1.807, 2.05) is 18.7 Å². The van der Waals surface area contributed by atoms with Crippen LogP contribution >= 0.6 is 0 Å². The third-order valence-electron chi connectivity index (χ3n) is 2.79. The molecule has 0 aromatic heterocycles. The molecule has 0 saturated carbocycles. The second kappa shape index (κ2) is 6.91. The van der Waals surface area contributed by atoms with Crippen LogP contribution in [-0.4, -0.2) is 29.2 Å². The minimum Gasteiger partial charge on any atom is -0.396 e. The molecule has 0 unspecified atom stereocenters. The predicted octanol–water partition coefficient (Wildman–Crippen LogP) is 1.48. The molecule has 0 radical (unpaired) electrons. The zero-order valence-corrected chi connectivity index (χ0v) is 11.2. The van der Waals surface area contributed by atoms with Crippen molar-refractivity contribution in [2.75, 3.05) is 23.5 Å². The quantitative estimate of drug-likeness (QED) is 0.393. The minimum atomic E-state index is -0.450. The molecule has 0 saturated heterocycles. The Labute approximate surface area is 112 Å². The van der Waals surface area contributed by atoms with Gasteiger partial charge < -0.3 is 15.4 Å². The number of non-ortho nitro benzene ring substituents is 1. The number of rotatable bonds is 7. The van der Waals surface area contributed by atoms with Crippen molar-refractivity contribution in [3.8, 4) is 0 Å². The van der Waals surface area contributed by atoms with E-state index in [9.17, 15) is 10.1 Å². The number of aliphatic hydroxyl groups is 1. The van der Waals surface area contributed by atoms with Gasteiger partial charge in [0.2, 0.25) is 0 Å². The standard InChI is InChI=1S/C12H20N4O3/c1-9(2)15(4-3-5-17)11-6-10(14-13)7-12(8-11)16(18)19/h6-9,14,17H,3-5,13H2,1-2H3. The van der Waals surface area contributed by atoms with E-state index in [4.69, 9.17) is 10.9 Å². The summed E-state index contributed by atoms with van der Waals surface area (Å²) >= 11 is 0. The molecule has 0 bridgehead atoms. The summed E-state index contributed by atoms with van der Waals surface area (Å²) in [6.07, 6.45) is 0.603. The van der Waals surface area contributed by atoms with Crippen molar-refractivity contribution in [3.05, 3.63) is 28.3 Å². The van der Waals surface area contributed by atoms with Crippen molar-refractivity contribution >= 4 is 17.1 Å². The molecule has 7 nitrogen and oxygen atoms in total. The van der Waals surface area contributed by atoms with E-state index in [0.717, 1.165) is 0 Å². The van der Waals surface area contributed by atoms with Gasteiger partial charge in [0, 0.05) is 37.0 Å². The number of nitrogens with one attached hydrogen (secondary N) is 1. The first-order valence-corrected chi connectivity index (χ1v) is 6.13. The van der Waals surface area contributed by atoms with Crippen molar-refractivity contribution in [2.24, 2.45) is 5.84 Å². The minimum absolute atomic E-state index is 0.0138. The van der Waals surface area contributed by atoms with Crippen LogP contribution in [-0.2, 0) is 0 Å². The van der Waals surface area contributed by atoms with E-state index >= 15 is 0 Å². The van der Waals surface area contributed by atoms with E-state index < -0.39 is 4.92 Å². The Morgan fingerprint density at radius 3 is 2.63 bits per heavy atom. The number of anilines is 2. The number of benzene rings is 1. The highest BCUT2D eigenvalue weighted by Gasteiger charge is 2.16. The number of nitro groups is 1. The lowest BCUT2D eigenvalue weighted by atomic mass is 10.2. The fourth-order valence-corrected chi connectivity index (χ4v) is 1.88. The monoisotopic (exact) mass is 268 g/mol. The highest BCUT2D eigenvalue weighted by Crippen LogP contribution is 2.28. The highest BCUT2D eigenvalue weighted by atomic mass is 16.6. The maximum Gasteiger partial charge on any atom is 0.273 e. The highest BCUT2D eigenvalue weighted by molar-refractivity contribution is 5.64. The van der Waals surface area contributed by atoms with Crippen molar-refractivity contribution in [3.63, 3.8) is 0 Å². The third kappa shape index (κ3) is 4.08. The van der Waals surface area contributed by atoms with Crippen molar-refractivity contribution in [2.45, 2.75) is 26.3 Å². The average Bonchev–Trinajstić information content (AvgIpc) is 2.38. The van der Waals surface area contributed by atoms with E-state index in [2.05, 4.69) is 5.43 Å². The summed E-state index contributed by atoms with van der Waals surface area (Å²) in [7, 11) is 0. The summed E-state index contributed by atoms with van der Waals surface area (Å²) < 4.78 is 0. The Morgan fingerprint density at radius 1 is 1.47 bits per heavy atom. The number of hydrogen-bond donors (Lipinski definition) is 3. The van der Waals surface area contributed by atoms with Crippen LogP contribution in [0.1, 0.15) is 20.3 Å². The number of hydrogen-bond acceptors (Lipinski definition) is 6. The van der Waals surface area contributed by atoms with Gasteiger partial charge in [0.05, 0.1) is 10.6 Å². The fraction of sp³-hybridized carbons (Fsp3) is 0.500. The van der Waals surface area contributed by atoms with Crippen LogP contribution in [0, 0.1) is 10.1 Å². The van der Waals surface area contributed by atoms with Gasteiger partial charge in [-0.1, -0.05) is 0 Å². The van der Waals surface area contributed by atoms with Gasteiger partial charge in [-0.3, -0.25) is 16.0 Å². The number of hydrazine groups is 1. The molecular weight excluding hydrogens is 248 g/mol. The molecule has 0 atom stereocenters. The smallest absolute Gasteiger partial charge is 0.273 e. The average molecular weight is 268 g/mol. The summed E-state index contributed by atoms with van der Waals surface area (Å²) in [5.41, 5.74) is 3.62. The molecule has 1 rings (SSSR count). The number of nitrogens with two attached hydrogens (primary N) is 1. The van der Waals surface area contributed by atoms with Crippen molar-refractivity contribution < 1.29 is 10.0 Å². The Bertz CT molecular complexity index is 437. The number of aliphatic hydroxyl groups excluding tert-OH is 1. The van der Waals surface area contributed by atoms with Gasteiger partial charge >= 0.3 is 0 Å². The van der Waals surface area contributed by atoms with Crippen molar-refractivity contribution in [1.82, 2.24) is 0 Å². The summed E-state index contributed by atoms with van der Waals surface area (Å²) in [5, 5.41) is 19.8. The number of nitro benzene ring substituents is 1. The Balaban J connectivity index is 3.13. The van der Waals surface area contributed by atoms with Gasteiger partial charge in [-0.2, -0.15) is 0 Å². The molecule has 1 aromatic rings. The fourth-order valence-electron chi connectivity index (χ4n) is 1.88. The van der Waals surface area contributed by atoms with Crippen LogP contribution in [0.15, 0.2) is 18.2 Å². The normalized spacial score (nSPS) is 10.6. The SMILES string of the molecule is CC(C)N(CCCO)c1cc(NN)cc([N+](=O)[O-])c1. The van der Waals surface area contributed by atoms with Crippen LogP contribution in [0.4, 0.5) is 17.1 Å².